The summed E-state index contributed by atoms with van der Waals surface area (Å²) < 4.78 is 0. The van der Waals surface area contributed by atoms with Gasteiger partial charge >= 0.3 is 0 Å². The van der Waals surface area contributed by atoms with Gasteiger partial charge < -0.3 is 15.5 Å². The highest BCUT2D eigenvalue weighted by Crippen LogP contribution is 2.11. The van der Waals surface area contributed by atoms with E-state index < -0.39 is 5.91 Å². The SMILES string of the molecule is N#C/C(=C/NCCc1cccc(Cl)c1)C(=O)NCCCN1CCCC1=O. The van der Waals surface area contributed by atoms with Gasteiger partial charge in [-0.15, -0.1) is 0 Å². The topological polar surface area (TPSA) is 85.2 Å². The van der Waals surface area contributed by atoms with E-state index in [0.29, 0.717) is 37.5 Å². The second-order valence-corrected chi connectivity index (χ2v) is 6.53. The highest BCUT2D eigenvalue weighted by molar-refractivity contribution is 6.30. The zero-order valence-electron chi connectivity index (χ0n) is 14.6. The number of carbonyl (C=O) groups excluding carboxylic acids is 2. The largest absolute Gasteiger partial charge is 0.389 e. The zero-order chi connectivity index (χ0) is 18.8. The number of likely N-dealkylation sites (tertiary alicyclic amines) is 1. The van der Waals surface area contributed by atoms with E-state index in [4.69, 9.17) is 16.9 Å². The summed E-state index contributed by atoms with van der Waals surface area (Å²) in [4.78, 5) is 25.3. The van der Waals surface area contributed by atoms with Gasteiger partial charge in [0.2, 0.25) is 5.91 Å². The Hall–Kier alpha value is -2.52. The van der Waals surface area contributed by atoms with E-state index in [0.717, 1.165) is 24.9 Å². The third kappa shape index (κ3) is 6.41. The molecule has 26 heavy (non-hydrogen) atoms. The number of nitrogens with zero attached hydrogens (tertiary/aromatic N) is 2. The van der Waals surface area contributed by atoms with E-state index in [2.05, 4.69) is 10.6 Å². The number of carbonyl (C=O) groups is 2. The number of nitriles is 1. The molecule has 1 aromatic rings. The van der Waals surface area contributed by atoms with Gasteiger partial charge in [0.15, 0.2) is 0 Å². The van der Waals surface area contributed by atoms with Gasteiger partial charge in [0.05, 0.1) is 0 Å². The minimum absolute atomic E-state index is 0.0355. The van der Waals surface area contributed by atoms with Crippen LogP contribution in [0.5, 0.6) is 0 Å². The summed E-state index contributed by atoms with van der Waals surface area (Å²) >= 11 is 5.93. The maximum absolute atomic E-state index is 12.0. The fraction of sp³-hybridized carbons (Fsp3) is 0.421. The minimum Gasteiger partial charge on any atom is -0.389 e. The second-order valence-electron chi connectivity index (χ2n) is 6.10. The Balaban J connectivity index is 1.67. The molecule has 0 aromatic heterocycles. The molecule has 138 valence electrons. The highest BCUT2D eigenvalue weighted by Gasteiger charge is 2.19. The summed E-state index contributed by atoms with van der Waals surface area (Å²) in [5, 5.41) is 15.5. The van der Waals surface area contributed by atoms with Gasteiger partial charge in [0.1, 0.15) is 11.6 Å². The number of hydrogen-bond donors (Lipinski definition) is 2. The van der Waals surface area contributed by atoms with Gasteiger partial charge in [-0.05, 0) is 37.0 Å². The summed E-state index contributed by atoms with van der Waals surface area (Å²) in [5.41, 5.74) is 1.12. The van der Waals surface area contributed by atoms with Crippen molar-refractivity contribution in [2.45, 2.75) is 25.7 Å². The van der Waals surface area contributed by atoms with Crippen molar-refractivity contribution in [1.82, 2.24) is 15.5 Å². The lowest BCUT2D eigenvalue weighted by Gasteiger charge is -2.15. The molecule has 1 aliphatic heterocycles. The van der Waals surface area contributed by atoms with Crippen molar-refractivity contribution in [3.8, 4) is 6.07 Å². The maximum Gasteiger partial charge on any atom is 0.263 e. The Bertz CT molecular complexity index is 712. The van der Waals surface area contributed by atoms with Crippen molar-refractivity contribution in [2.75, 3.05) is 26.2 Å². The first kappa shape index (κ1) is 19.8. The summed E-state index contributed by atoms with van der Waals surface area (Å²) in [6.45, 7) is 2.47. The summed E-state index contributed by atoms with van der Waals surface area (Å²) in [6.07, 6.45) is 4.38. The molecule has 1 fully saturated rings. The van der Waals surface area contributed by atoms with Crippen LogP contribution in [0.4, 0.5) is 0 Å². The van der Waals surface area contributed by atoms with Crippen molar-refractivity contribution in [3.63, 3.8) is 0 Å². The summed E-state index contributed by atoms with van der Waals surface area (Å²) in [6, 6.07) is 9.46. The smallest absolute Gasteiger partial charge is 0.263 e. The quantitative estimate of drug-likeness (QED) is 0.393. The first-order chi connectivity index (χ1) is 12.6. The van der Waals surface area contributed by atoms with Crippen LogP contribution < -0.4 is 10.6 Å². The van der Waals surface area contributed by atoms with Crippen LogP contribution in [0.3, 0.4) is 0 Å². The normalized spacial score (nSPS) is 14.2. The maximum atomic E-state index is 12.0. The van der Waals surface area contributed by atoms with E-state index in [1.807, 2.05) is 35.2 Å². The predicted octanol–water partition coefficient (Wildman–Crippen LogP) is 2.01. The molecule has 7 heteroatoms. The van der Waals surface area contributed by atoms with Gasteiger partial charge in [0, 0.05) is 43.8 Å². The van der Waals surface area contributed by atoms with E-state index in [1.54, 1.807) is 0 Å². The molecule has 0 bridgehead atoms. The van der Waals surface area contributed by atoms with Crippen LogP contribution in [0.2, 0.25) is 5.02 Å². The van der Waals surface area contributed by atoms with E-state index in [1.165, 1.54) is 6.20 Å². The molecule has 0 aliphatic carbocycles. The molecule has 2 N–H and O–H groups in total. The lowest BCUT2D eigenvalue weighted by Crippen LogP contribution is -2.31. The monoisotopic (exact) mass is 374 g/mol. The Morgan fingerprint density at radius 2 is 2.23 bits per heavy atom. The predicted molar refractivity (Wildman–Crippen MR) is 100 cm³/mol. The molecule has 1 aliphatic rings. The van der Waals surface area contributed by atoms with E-state index in [-0.39, 0.29) is 11.5 Å². The highest BCUT2D eigenvalue weighted by atomic mass is 35.5. The molecule has 0 unspecified atom stereocenters. The zero-order valence-corrected chi connectivity index (χ0v) is 15.4. The molecule has 2 amide bonds. The lowest BCUT2D eigenvalue weighted by atomic mass is 10.1. The molecule has 6 nitrogen and oxygen atoms in total. The summed E-state index contributed by atoms with van der Waals surface area (Å²) in [7, 11) is 0. The van der Waals surface area contributed by atoms with Gasteiger partial charge in [-0.25, -0.2) is 0 Å². The van der Waals surface area contributed by atoms with Crippen LogP contribution in [0.1, 0.15) is 24.8 Å². The third-order valence-corrected chi connectivity index (χ3v) is 4.36. The van der Waals surface area contributed by atoms with Gasteiger partial charge in [-0.3, -0.25) is 9.59 Å². The van der Waals surface area contributed by atoms with Crippen LogP contribution in [0, 0.1) is 11.3 Å². The van der Waals surface area contributed by atoms with E-state index in [9.17, 15) is 9.59 Å². The van der Waals surface area contributed by atoms with Crippen LogP contribution in [0.15, 0.2) is 36.0 Å². The van der Waals surface area contributed by atoms with Crippen LogP contribution >= 0.6 is 11.6 Å². The molecule has 0 atom stereocenters. The Kier molecular flexibility index (Phi) is 7.97. The molecular weight excluding hydrogens is 352 g/mol. The molecule has 2 rings (SSSR count). The number of rotatable bonds is 9. The number of halogens is 1. The standard InChI is InChI=1S/C19H23ClN4O2/c20-17-5-1-4-15(12-17)7-9-22-14-16(13-21)19(26)23-8-3-11-24-10-2-6-18(24)25/h1,4-5,12,14,22H,2-3,6-11H2,(H,23,26)/b16-14-. The van der Waals surface area contributed by atoms with Gasteiger partial charge in [-0.1, -0.05) is 23.7 Å². The van der Waals surface area contributed by atoms with Crippen molar-refractivity contribution >= 4 is 23.4 Å². The molecule has 0 saturated carbocycles. The Morgan fingerprint density at radius 3 is 2.92 bits per heavy atom. The fourth-order valence-electron chi connectivity index (χ4n) is 2.74. The number of hydrogen-bond acceptors (Lipinski definition) is 4. The molecule has 1 aromatic carbocycles. The van der Waals surface area contributed by atoms with Crippen LogP contribution in [-0.4, -0.2) is 42.9 Å². The average Bonchev–Trinajstić information content (AvgIpc) is 3.03. The molecule has 1 saturated heterocycles. The van der Waals surface area contributed by atoms with Gasteiger partial charge in [0.25, 0.3) is 5.91 Å². The second kappa shape index (κ2) is 10.5. The van der Waals surface area contributed by atoms with Crippen molar-refractivity contribution < 1.29 is 9.59 Å². The average molecular weight is 375 g/mol. The lowest BCUT2D eigenvalue weighted by molar-refractivity contribution is -0.127. The molecule has 0 spiro atoms. The molecule has 1 heterocycles. The minimum atomic E-state index is -0.407. The summed E-state index contributed by atoms with van der Waals surface area (Å²) in [5.74, 6) is -0.228. The van der Waals surface area contributed by atoms with E-state index >= 15 is 0 Å². The third-order valence-electron chi connectivity index (χ3n) is 4.12. The molecule has 0 radical (unpaired) electrons. The first-order valence-corrected chi connectivity index (χ1v) is 9.12. The van der Waals surface area contributed by atoms with Crippen molar-refractivity contribution in [1.29, 1.82) is 5.26 Å². The van der Waals surface area contributed by atoms with Crippen molar-refractivity contribution in [3.05, 3.63) is 46.6 Å². The fourth-order valence-corrected chi connectivity index (χ4v) is 2.95. The van der Waals surface area contributed by atoms with Gasteiger partial charge in [-0.2, -0.15) is 5.26 Å². The van der Waals surface area contributed by atoms with Crippen molar-refractivity contribution in [2.24, 2.45) is 0 Å². The first-order valence-electron chi connectivity index (χ1n) is 8.74. The Morgan fingerprint density at radius 1 is 1.38 bits per heavy atom. The van der Waals surface area contributed by atoms with Crippen LogP contribution in [-0.2, 0) is 16.0 Å². The Labute approximate surface area is 158 Å². The number of nitrogens with one attached hydrogen (secondary N) is 2. The number of amides is 2. The molecular formula is C19H23ClN4O2. The van der Waals surface area contributed by atoms with Crippen LogP contribution in [0.25, 0.3) is 0 Å². The number of benzene rings is 1.